The quantitative estimate of drug-likeness (QED) is 0.740. The van der Waals surface area contributed by atoms with Gasteiger partial charge in [-0.05, 0) is 37.6 Å². The molecule has 3 rings (SSSR count). The van der Waals surface area contributed by atoms with Gasteiger partial charge in [-0.2, -0.15) is 0 Å². The van der Waals surface area contributed by atoms with Crippen LogP contribution in [0.3, 0.4) is 0 Å². The Morgan fingerprint density at radius 2 is 1.95 bits per heavy atom. The lowest BCUT2D eigenvalue weighted by molar-refractivity contribution is 0.101. The van der Waals surface area contributed by atoms with Crippen molar-refractivity contribution in [3.63, 3.8) is 0 Å². The molecule has 2 N–H and O–H groups in total. The summed E-state index contributed by atoms with van der Waals surface area (Å²) >= 11 is 0. The van der Waals surface area contributed by atoms with Crippen molar-refractivity contribution < 1.29 is 13.9 Å². The number of ketones is 1. The number of fused-ring (bicyclic) bond motifs is 1. The Morgan fingerprint density at radius 1 is 1.18 bits per heavy atom. The van der Waals surface area contributed by atoms with Crippen LogP contribution in [0.5, 0.6) is 5.75 Å². The number of carbonyl (C=O) groups is 1. The molecule has 0 bridgehead atoms. The van der Waals surface area contributed by atoms with Gasteiger partial charge in [0.05, 0.1) is 17.9 Å². The maximum Gasteiger partial charge on any atom is 0.234 e. The van der Waals surface area contributed by atoms with Gasteiger partial charge in [0.1, 0.15) is 11.3 Å². The van der Waals surface area contributed by atoms with Crippen LogP contribution in [0.1, 0.15) is 28.6 Å². The van der Waals surface area contributed by atoms with Crippen molar-refractivity contribution in [2.24, 2.45) is 0 Å². The zero-order valence-corrected chi connectivity index (χ0v) is 12.6. The Balaban J connectivity index is 2.14. The number of ether oxygens (including phenoxy) is 1. The van der Waals surface area contributed by atoms with E-state index in [0.717, 1.165) is 10.9 Å². The van der Waals surface area contributed by atoms with E-state index in [9.17, 15) is 4.79 Å². The molecule has 0 radical (unpaired) electrons. The lowest BCUT2D eigenvalue weighted by Gasteiger charge is -2.08. The highest BCUT2D eigenvalue weighted by Gasteiger charge is 2.23. The summed E-state index contributed by atoms with van der Waals surface area (Å²) in [6.45, 7) is 4.28. The van der Waals surface area contributed by atoms with Crippen molar-refractivity contribution in [3.8, 4) is 5.75 Å². The summed E-state index contributed by atoms with van der Waals surface area (Å²) in [5.41, 5.74) is 8.53. The molecule has 3 aromatic rings. The van der Waals surface area contributed by atoms with Crippen LogP contribution >= 0.6 is 0 Å². The Hall–Kier alpha value is -2.75. The van der Waals surface area contributed by atoms with Gasteiger partial charge in [0.15, 0.2) is 5.76 Å². The van der Waals surface area contributed by atoms with E-state index in [0.29, 0.717) is 29.2 Å². The van der Waals surface area contributed by atoms with Crippen molar-refractivity contribution in [3.05, 3.63) is 59.4 Å². The first-order chi connectivity index (χ1) is 10.6. The molecule has 1 heterocycles. The number of nitrogen functional groups attached to an aromatic ring is 1. The molecule has 4 heteroatoms. The van der Waals surface area contributed by atoms with Crippen LogP contribution in [0.15, 0.2) is 46.9 Å². The number of aryl methyl sites for hydroxylation is 1. The number of carbonyl (C=O) groups excluding carboxylic acids is 1. The molecule has 0 fully saturated rings. The van der Waals surface area contributed by atoms with Crippen molar-refractivity contribution in [1.29, 1.82) is 0 Å². The Labute approximate surface area is 128 Å². The average molecular weight is 295 g/mol. The maximum absolute atomic E-state index is 12.8. The summed E-state index contributed by atoms with van der Waals surface area (Å²) in [7, 11) is 0. The molecule has 4 nitrogen and oxygen atoms in total. The molecule has 2 aromatic carbocycles. The third kappa shape index (κ3) is 2.22. The number of benzene rings is 2. The van der Waals surface area contributed by atoms with E-state index in [4.69, 9.17) is 14.9 Å². The van der Waals surface area contributed by atoms with Gasteiger partial charge < -0.3 is 14.9 Å². The lowest BCUT2D eigenvalue weighted by atomic mass is 10.1. The maximum atomic E-state index is 12.8. The first-order valence-electron chi connectivity index (χ1n) is 7.17. The van der Waals surface area contributed by atoms with Crippen molar-refractivity contribution in [2.75, 3.05) is 12.3 Å². The van der Waals surface area contributed by atoms with E-state index in [-0.39, 0.29) is 11.5 Å². The number of hydrogen-bond donors (Lipinski definition) is 1. The zero-order valence-electron chi connectivity index (χ0n) is 12.6. The zero-order chi connectivity index (χ0) is 15.7. The highest BCUT2D eigenvalue weighted by molar-refractivity contribution is 6.15. The molecule has 0 saturated heterocycles. The van der Waals surface area contributed by atoms with Gasteiger partial charge in [-0.3, -0.25) is 4.79 Å². The molecule has 0 aliphatic rings. The molecule has 1 aromatic heterocycles. The van der Waals surface area contributed by atoms with Gasteiger partial charge in [0.2, 0.25) is 5.78 Å². The van der Waals surface area contributed by atoms with Gasteiger partial charge in [-0.25, -0.2) is 0 Å². The molecule has 22 heavy (non-hydrogen) atoms. The second-order valence-corrected chi connectivity index (χ2v) is 5.05. The smallest absolute Gasteiger partial charge is 0.234 e. The molecular weight excluding hydrogens is 278 g/mol. The van der Waals surface area contributed by atoms with Gasteiger partial charge in [0, 0.05) is 5.39 Å². The first-order valence-corrected chi connectivity index (χ1v) is 7.17. The molecule has 0 amide bonds. The summed E-state index contributed by atoms with van der Waals surface area (Å²) in [6, 6.07) is 12.8. The van der Waals surface area contributed by atoms with Crippen molar-refractivity contribution >= 4 is 22.4 Å². The SMILES string of the molecule is CCOc1ccccc1C(=O)c1oc2c(C)cccc2c1N. The second-order valence-electron chi connectivity index (χ2n) is 5.05. The summed E-state index contributed by atoms with van der Waals surface area (Å²) in [5, 5.41) is 0.761. The fourth-order valence-corrected chi connectivity index (χ4v) is 2.51. The van der Waals surface area contributed by atoms with Crippen molar-refractivity contribution in [2.45, 2.75) is 13.8 Å². The summed E-state index contributed by atoms with van der Waals surface area (Å²) in [6.07, 6.45) is 0. The molecule has 0 aliphatic heterocycles. The lowest BCUT2D eigenvalue weighted by Crippen LogP contribution is -2.06. The normalized spacial score (nSPS) is 10.8. The van der Waals surface area contributed by atoms with Crippen molar-refractivity contribution in [1.82, 2.24) is 0 Å². The Kier molecular flexibility index (Phi) is 3.59. The van der Waals surface area contributed by atoms with Gasteiger partial charge in [-0.1, -0.05) is 24.3 Å². The predicted octanol–water partition coefficient (Wildman–Crippen LogP) is 3.95. The first kappa shape index (κ1) is 14.2. The van der Waals surface area contributed by atoms with Crippen LogP contribution in [0.4, 0.5) is 5.69 Å². The topological polar surface area (TPSA) is 65.5 Å². The minimum atomic E-state index is -0.267. The van der Waals surface area contributed by atoms with E-state index in [1.54, 1.807) is 18.2 Å². The largest absolute Gasteiger partial charge is 0.493 e. The Morgan fingerprint density at radius 3 is 2.68 bits per heavy atom. The molecular formula is C18H17NO3. The second kappa shape index (κ2) is 5.56. The van der Waals surface area contributed by atoms with E-state index in [1.165, 1.54) is 0 Å². The molecule has 0 aliphatic carbocycles. The van der Waals surface area contributed by atoms with Gasteiger partial charge in [-0.15, -0.1) is 0 Å². The highest BCUT2D eigenvalue weighted by atomic mass is 16.5. The van der Waals surface area contributed by atoms with E-state index in [1.807, 2.05) is 38.1 Å². The summed E-state index contributed by atoms with van der Waals surface area (Å²) in [5.74, 6) is 0.431. The third-order valence-electron chi connectivity index (χ3n) is 3.59. The number of para-hydroxylation sites is 2. The van der Waals surface area contributed by atoms with Crippen LogP contribution in [-0.4, -0.2) is 12.4 Å². The standard InChI is InChI=1S/C18H17NO3/c1-3-21-14-10-5-4-8-12(14)16(20)18-15(19)13-9-6-7-11(2)17(13)22-18/h4-10H,3,19H2,1-2H3. The fraction of sp³-hybridized carbons (Fsp3) is 0.167. The van der Waals surface area contributed by atoms with E-state index < -0.39 is 0 Å². The Bertz CT molecular complexity index is 849. The minimum absolute atomic E-state index is 0.163. The van der Waals surface area contributed by atoms with Crippen LogP contribution in [0.2, 0.25) is 0 Å². The third-order valence-corrected chi connectivity index (χ3v) is 3.59. The molecule has 0 atom stereocenters. The number of furan rings is 1. The van der Waals surface area contributed by atoms with Crippen LogP contribution in [-0.2, 0) is 0 Å². The van der Waals surface area contributed by atoms with Crippen LogP contribution in [0.25, 0.3) is 11.0 Å². The number of nitrogens with two attached hydrogens (primary N) is 1. The summed E-state index contributed by atoms with van der Waals surface area (Å²) < 4.78 is 11.3. The molecule has 0 saturated carbocycles. The van der Waals surface area contributed by atoms with E-state index >= 15 is 0 Å². The van der Waals surface area contributed by atoms with E-state index in [2.05, 4.69) is 0 Å². The summed E-state index contributed by atoms with van der Waals surface area (Å²) in [4.78, 5) is 12.8. The average Bonchev–Trinajstić information content (AvgIpc) is 2.86. The molecule has 0 spiro atoms. The van der Waals surface area contributed by atoms with Gasteiger partial charge >= 0.3 is 0 Å². The number of hydrogen-bond acceptors (Lipinski definition) is 4. The fourth-order valence-electron chi connectivity index (χ4n) is 2.51. The highest BCUT2D eigenvalue weighted by Crippen LogP contribution is 2.33. The van der Waals surface area contributed by atoms with Crippen LogP contribution in [0, 0.1) is 6.92 Å². The number of anilines is 1. The predicted molar refractivity (Wildman–Crippen MR) is 86.4 cm³/mol. The molecule has 0 unspecified atom stereocenters. The molecule has 112 valence electrons. The van der Waals surface area contributed by atoms with Gasteiger partial charge in [0.25, 0.3) is 0 Å². The minimum Gasteiger partial charge on any atom is -0.493 e. The van der Waals surface area contributed by atoms with Crippen LogP contribution < -0.4 is 10.5 Å². The monoisotopic (exact) mass is 295 g/mol. The number of rotatable bonds is 4.